The largest absolute Gasteiger partial charge is 0.495 e. The van der Waals surface area contributed by atoms with Gasteiger partial charge in [-0.25, -0.2) is 8.42 Å². The molecule has 1 aliphatic rings. The lowest BCUT2D eigenvalue weighted by atomic mass is 10.2. The number of ether oxygens (including phenoxy) is 1. The minimum absolute atomic E-state index is 0.00674. The van der Waals surface area contributed by atoms with Crippen LogP contribution in [0.5, 0.6) is 5.75 Å². The summed E-state index contributed by atoms with van der Waals surface area (Å²) in [7, 11) is -2.44. The maximum absolute atomic E-state index is 13.0. The van der Waals surface area contributed by atoms with Gasteiger partial charge in [0.1, 0.15) is 15.7 Å². The molecule has 33 heavy (non-hydrogen) atoms. The number of aryl methyl sites for hydroxylation is 1. The fourth-order valence-electron chi connectivity index (χ4n) is 3.35. The van der Waals surface area contributed by atoms with Gasteiger partial charge in [-0.1, -0.05) is 29.9 Å². The van der Waals surface area contributed by atoms with Crippen molar-refractivity contribution in [3.05, 3.63) is 28.2 Å². The van der Waals surface area contributed by atoms with E-state index >= 15 is 0 Å². The Morgan fingerprint density at radius 1 is 1.18 bits per heavy atom. The fraction of sp³-hybridized carbons (Fsp3) is 0.500. The zero-order valence-electron chi connectivity index (χ0n) is 18.4. The molecule has 0 aliphatic carbocycles. The smallest absolute Gasteiger partial charge is 0.246 e. The van der Waals surface area contributed by atoms with Gasteiger partial charge in [0.2, 0.25) is 27.0 Å². The first-order valence-corrected chi connectivity index (χ1v) is 13.1. The predicted octanol–water partition coefficient (Wildman–Crippen LogP) is 2.40. The number of nitrogens with zero attached hydrogens (tertiary/aromatic N) is 4. The third kappa shape index (κ3) is 6.40. The lowest BCUT2D eigenvalue weighted by Crippen LogP contribution is -2.50. The molecule has 0 saturated carbocycles. The SMILES string of the molecule is CCCc1nnc(NC(=O)CCC(=O)N2CCN(S(=O)(=O)c3cc(Cl)ccc3OC)CC2)s1. The molecule has 2 amide bonds. The third-order valence-electron chi connectivity index (χ3n) is 5.08. The minimum Gasteiger partial charge on any atom is -0.495 e. The van der Waals surface area contributed by atoms with E-state index in [4.69, 9.17) is 16.3 Å². The third-order valence-corrected chi connectivity index (χ3v) is 8.13. The van der Waals surface area contributed by atoms with Gasteiger partial charge >= 0.3 is 0 Å². The molecule has 0 spiro atoms. The lowest BCUT2D eigenvalue weighted by Gasteiger charge is -2.34. The summed E-state index contributed by atoms with van der Waals surface area (Å²) in [4.78, 5) is 26.2. The maximum Gasteiger partial charge on any atom is 0.246 e. The quantitative estimate of drug-likeness (QED) is 0.544. The normalized spacial score (nSPS) is 14.8. The summed E-state index contributed by atoms with van der Waals surface area (Å²) in [5.74, 6) is -0.301. The van der Waals surface area contributed by atoms with Crippen LogP contribution in [0.1, 0.15) is 31.2 Å². The number of carbonyl (C=O) groups excluding carboxylic acids is 2. The Balaban J connectivity index is 1.50. The minimum atomic E-state index is -3.83. The molecule has 1 aromatic heterocycles. The van der Waals surface area contributed by atoms with E-state index in [-0.39, 0.29) is 66.5 Å². The molecule has 0 atom stereocenters. The molecule has 2 aromatic rings. The first-order chi connectivity index (χ1) is 15.7. The number of rotatable bonds is 9. The average Bonchev–Trinajstić information content (AvgIpc) is 3.24. The summed E-state index contributed by atoms with van der Waals surface area (Å²) in [5.41, 5.74) is 0. The highest BCUT2D eigenvalue weighted by Gasteiger charge is 2.32. The highest BCUT2D eigenvalue weighted by atomic mass is 35.5. The van der Waals surface area contributed by atoms with Crippen LogP contribution >= 0.6 is 22.9 Å². The molecule has 1 saturated heterocycles. The number of methoxy groups -OCH3 is 1. The predicted molar refractivity (Wildman–Crippen MR) is 125 cm³/mol. The molecular weight excluding hydrogens is 490 g/mol. The summed E-state index contributed by atoms with van der Waals surface area (Å²) in [6.07, 6.45) is 1.79. The number of amides is 2. The van der Waals surface area contributed by atoms with Crippen molar-refractivity contribution in [2.24, 2.45) is 0 Å². The highest BCUT2D eigenvalue weighted by molar-refractivity contribution is 7.89. The molecule has 1 N–H and O–H groups in total. The van der Waals surface area contributed by atoms with Crippen LogP contribution in [0.4, 0.5) is 5.13 Å². The summed E-state index contributed by atoms with van der Waals surface area (Å²) in [5, 5.41) is 12.2. The van der Waals surface area contributed by atoms with E-state index in [1.807, 2.05) is 6.92 Å². The van der Waals surface area contributed by atoms with Gasteiger partial charge < -0.3 is 15.0 Å². The molecule has 1 fully saturated rings. The van der Waals surface area contributed by atoms with Crippen LogP contribution < -0.4 is 10.1 Å². The Labute approximate surface area is 201 Å². The zero-order valence-corrected chi connectivity index (χ0v) is 20.8. The van der Waals surface area contributed by atoms with E-state index in [9.17, 15) is 18.0 Å². The number of piperazine rings is 1. The molecular formula is C20H26ClN5O5S2. The molecule has 13 heteroatoms. The maximum atomic E-state index is 13.0. The highest BCUT2D eigenvalue weighted by Crippen LogP contribution is 2.30. The van der Waals surface area contributed by atoms with Crippen LogP contribution in [-0.4, -0.2) is 72.9 Å². The number of aromatic nitrogens is 2. The first-order valence-electron chi connectivity index (χ1n) is 10.5. The number of hydrogen-bond acceptors (Lipinski definition) is 8. The number of benzene rings is 1. The lowest BCUT2D eigenvalue weighted by molar-refractivity contribution is -0.133. The molecule has 3 rings (SSSR count). The van der Waals surface area contributed by atoms with E-state index in [0.29, 0.717) is 5.13 Å². The van der Waals surface area contributed by atoms with Gasteiger partial charge in [0, 0.05) is 50.5 Å². The Hall–Kier alpha value is -2.28. The summed E-state index contributed by atoms with van der Waals surface area (Å²) in [6.45, 7) is 2.79. The Morgan fingerprint density at radius 3 is 2.58 bits per heavy atom. The van der Waals surface area contributed by atoms with Gasteiger partial charge in [0.25, 0.3) is 0 Å². The van der Waals surface area contributed by atoms with Crippen LogP contribution in [0, 0.1) is 0 Å². The van der Waals surface area contributed by atoms with Crippen molar-refractivity contribution in [3.8, 4) is 5.75 Å². The number of nitrogens with one attached hydrogen (secondary N) is 1. The number of hydrogen-bond donors (Lipinski definition) is 1. The van der Waals surface area contributed by atoms with E-state index in [0.717, 1.165) is 17.8 Å². The van der Waals surface area contributed by atoms with Gasteiger partial charge in [-0.05, 0) is 24.6 Å². The monoisotopic (exact) mass is 515 g/mol. The molecule has 2 heterocycles. The van der Waals surface area contributed by atoms with E-state index in [2.05, 4.69) is 15.5 Å². The standard InChI is InChI=1S/C20H26ClN5O5S2/c1-3-4-18-23-24-20(32-18)22-17(27)7-8-19(28)25-9-11-26(12-10-25)33(29,30)16-13-14(21)5-6-15(16)31-2/h5-6,13H,3-4,7-12H2,1-2H3,(H,22,24,27). The molecule has 0 unspecified atom stereocenters. The second-order valence-electron chi connectivity index (χ2n) is 7.38. The van der Waals surface area contributed by atoms with Gasteiger partial charge in [-0.15, -0.1) is 10.2 Å². The van der Waals surface area contributed by atoms with Crippen LogP contribution in [0.25, 0.3) is 0 Å². The van der Waals surface area contributed by atoms with Crippen LogP contribution in [0.2, 0.25) is 5.02 Å². The van der Waals surface area contributed by atoms with E-state index in [1.165, 1.54) is 34.9 Å². The van der Waals surface area contributed by atoms with Gasteiger partial charge in [0.05, 0.1) is 7.11 Å². The number of carbonyl (C=O) groups is 2. The Bertz CT molecular complexity index is 1100. The topological polar surface area (TPSA) is 122 Å². The second kappa shape index (κ2) is 11.2. The van der Waals surface area contributed by atoms with Crippen LogP contribution in [-0.2, 0) is 26.0 Å². The Morgan fingerprint density at radius 2 is 1.91 bits per heavy atom. The molecule has 0 bridgehead atoms. The summed E-state index contributed by atoms with van der Waals surface area (Å²) in [6, 6.07) is 4.42. The molecule has 0 radical (unpaired) electrons. The first kappa shape index (κ1) is 25.3. The molecule has 180 valence electrons. The van der Waals surface area contributed by atoms with Crippen molar-refractivity contribution in [1.82, 2.24) is 19.4 Å². The van der Waals surface area contributed by atoms with Crippen molar-refractivity contribution in [2.75, 3.05) is 38.6 Å². The van der Waals surface area contributed by atoms with Crippen LogP contribution in [0.3, 0.4) is 0 Å². The molecule has 1 aromatic carbocycles. The number of sulfonamides is 1. The van der Waals surface area contributed by atoms with Crippen molar-refractivity contribution >= 4 is 49.9 Å². The van der Waals surface area contributed by atoms with Gasteiger partial charge in [0.15, 0.2) is 0 Å². The van der Waals surface area contributed by atoms with Crippen molar-refractivity contribution in [1.29, 1.82) is 0 Å². The molecule has 1 aliphatic heterocycles. The summed E-state index contributed by atoms with van der Waals surface area (Å²) < 4.78 is 32.6. The zero-order chi connectivity index (χ0) is 24.0. The van der Waals surface area contributed by atoms with Crippen molar-refractivity contribution in [2.45, 2.75) is 37.5 Å². The van der Waals surface area contributed by atoms with Crippen molar-refractivity contribution < 1.29 is 22.7 Å². The van der Waals surface area contributed by atoms with Gasteiger partial charge in [-0.3, -0.25) is 9.59 Å². The van der Waals surface area contributed by atoms with E-state index in [1.54, 1.807) is 11.0 Å². The molecule has 10 nitrogen and oxygen atoms in total. The number of halogens is 1. The Kier molecular flexibility index (Phi) is 8.63. The average molecular weight is 516 g/mol. The van der Waals surface area contributed by atoms with Crippen LogP contribution in [0.15, 0.2) is 23.1 Å². The summed E-state index contributed by atoms with van der Waals surface area (Å²) >= 11 is 7.30. The van der Waals surface area contributed by atoms with Gasteiger partial charge in [-0.2, -0.15) is 4.31 Å². The fourth-order valence-corrected chi connectivity index (χ4v) is 6.05. The van der Waals surface area contributed by atoms with E-state index < -0.39 is 10.0 Å². The van der Waals surface area contributed by atoms with Crippen molar-refractivity contribution in [3.63, 3.8) is 0 Å². The number of anilines is 1. The second-order valence-corrected chi connectivity index (χ2v) is 10.8.